The monoisotopic (exact) mass is 392 g/mol. The standard InChI is InChI=1S/C23H24N2O4/c1-4-16-7-9-17(10-8-16)15-25-13-5-6-19(23(25)27)22(26)24-18-11-12-20(28-2)21(14-18)29-3/h5-14H,4,15H2,1-3H3,(H,24,26). The highest BCUT2D eigenvalue weighted by Crippen LogP contribution is 2.29. The average Bonchev–Trinajstić information content (AvgIpc) is 2.75. The molecule has 0 aliphatic carbocycles. The molecule has 0 saturated carbocycles. The second-order valence-electron chi connectivity index (χ2n) is 6.55. The number of rotatable bonds is 7. The Balaban J connectivity index is 1.81. The third-order valence-corrected chi connectivity index (χ3v) is 4.69. The van der Waals surface area contributed by atoms with Crippen LogP contribution in [0.1, 0.15) is 28.4 Å². The molecule has 1 N–H and O–H groups in total. The van der Waals surface area contributed by atoms with Crippen LogP contribution >= 0.6 is 0 Å². The first-order valence-electron chi connectivity index (χ1n) is 9.36. The minimum absolute atomic E-state index is 0.0764. The lowest BCUT2D eigenvalue weighted by atomic mass is 10.1. The zero-order valence-electron chi connectivity index (χ0n) is 16.8. The number of ether oxygens (including phenoxy) is 2. The van der Waals surface area contributed by atoms with Crippen LogP contribution in [0.25, 0.3) is 0 Å². The highest BCUT2D eigenvalue weighted by Gasteiger charge is 2.14. The number of pyridine rings is 1. The Labute approximate surface area is 169 Å². The summed E-state index contributed by atoms with van der Waals surface area (Å²) in [5.41, 5.74) is 2.49. The molecule has 0 atom stereocenters. The molecule has 0 aliphatic heterocycles. The summed E-state index contributed by atoms with van der Waals surface area (Å²) in [5, 5.41) is 2.74. The zero-order chi connectivity index (χ0) is 20.8. The molecule has 150 valence electrons. The Kier molecular flexibility index (Phi) is 6.34. The van der Waals surface area contributed by atoms with E-state index in [1.165, 1.54) is 23.3 Å². The van der Waals surface area contributed by atoms with Crippen molar-refractivity contribution in [2.24, 2.45) is 0 Å². The highest BCUT2D eigenvalue weighted by molar-refractivity contribution is 6.04. The summed E-state index contributed by atoms with van der Waals surface area (Å²) < 4.78 is 12.0. The SMILES string of the molecule is CCc1ccc(Cn2cccc(C(=O)Nc3ccc(OC)c(OC)c3)c2=O)cc1. The molecule has 0 spiro atoms. The normalized spacial score (nSPS) is 10.4. The van der Waals surface area contributed by atoms with Gasteiger partial charge in [-0.25, -0.2) is 0 Å². The lowest BCUT2D eigenvalue weighted by molar-refractivity contribution is 0.102. The maximum atomic E-state index is 12.8. The van der Waals surface area contributed by atoms with Gasteiger partial charge in [-0.3, -0.25) is 9.59 Å². The molecule has 2 aromatic carbocycles. The van der Waals surface area contributed by atoms with Crippen molar-refractivity contribution >= 4 is 11.6 Å². The van der Waals surface area contributed by atoms with Gasteiger partial charge >= 0.3 is 0 Å². The molecule has 0 unspecified atom stereocenters. The Hall–Kier alpha value is -3.54. The molecule has 0 radical (unpaired) electrons. The number of nitrogens with one attached hydrogen (secondary N) is 1. The van der Waals surface area contributed by atoms with Crippen molar-refractivity contribution in [1.82, 2.24) is 4.57 Å². The van der Waals surface area contributed by atoms with Crippen LogP contribution in [0.3, 0.4) is 0 Å². The van der Waals surface area contributed by atoms with Crippen LogP contribution in [0.15, 0.2) is 65.6 Å². The van der Waals surface area contributed by atoms with E-state index >= 15 is 0 Å². The summed E-state index contributed by atoms with van der Waals surface area (Å²) in [7, 11) is 3.06. The third-order valence-electron chi connectivity index (χ3n) is 4.69. The molecule has 3 rings (SSSR count). The Morgan fingerprint density at radius 2 is 1.66 bits per heavy atom. The number of aromatic nitrogens is 1. The fourth-order valence-corrected chi connectivity index (χ4v) is 3.02. The summed E-state index contributed by atoms with van der Waals surface area (Å²) in [5.74, 6) is 0.575. The molecule has 6 nitrogen and oxygen atoms in total. The lowest BCUT2D eigenvalue weighted by Gasteiger charge is -2.11. The first-order chi connectivity index (χ1) is 14.0. The van der Waals surface area contributed by atoms with Crippen LogP contribution < -0.4 is 20.3 Å². The van der Waals surface area contributed by atoms with Crippen LogP contribution in [0.4, 0.5) is 5.69 Å². The number of nitrogens with zero attached hydrogens (tertiary/aromatic N) is 1. The van der Waals surface area contributed by atoms with Crippen molar-refractivity contribution < 1.29 is 14.3 Å². The van der Waals surface area contributed by atoms with Gasteiger partial charge in [-0.05, 0) is 41.8 Å². The van der Waals surface area contributed by atoms with Crippen LogP contribution in [-0.2, 0) is 13.0 Å². The number of amides is 1. The van der Waals surface area contributed by atoms with E-state index < -0.39 is 5.91 Å². The van der Waals surface area contributed by atoms with Crippen molar-refractivity contribution in [3.63, 3.8) is 0 Å². The van der Waals surface area contributed by atoms with Gasteiger partial charge in [0.05, 0.1) is 20.8 Å². The lowest BCUT2D eigenvalue weighted by Crippen LogP contribution is -2.29. The molecule has 1 heterocycles. The van der Waals surface area contributed by atoms with Gasteiger partial charge in [-0.1, -0.05) is 31.2 Å². The molecule has 0 fully saturated rings. The van der Waals surface area contributed by atoms with Crippen LogP contribution in [0.5, 0.6) is 11.5 Å². The van der Waals surface area contributed by atoms with E-state index in [4.69, 9.17) is 9.47 Å². The predicted molar refractivity (Wildman–Crippen MR) is 113 cm³/mol. The van der Waals surface area contributed by atoms with Gasteiger partial charge < -0.3 is 19.4 Å². The Bertz CT molecular complexity index is 1060. The number of benzene rings is 2. The molecular weight excluding hydrogens is 368 g/mol. The highest BCUT2D eigenvalue weighted by atomic mass is 16.5. The average molecular weight is 392 g/mol. The van der Waals surface area contributed by atoms with E-state index in [0.29, 0.717) is 23.7 Å². The minimum atomic E-state index is -0.474. The third kappa shape index (κ3) is 4.66. The molecule has 0 aliphatic rings. The second kappa shape index (κ2) is 9.10. The summed E-state index contributed by atoms with van der Waals surface area (Å²) in [6.45, 7) is 2.50. The maximum Gasteiger partial charge on any atom is 0.263 e. The number of hydrogen-bond donors (Lipinski definition) is 1. The summed E-state index contributed by atoms with van der Waals surface area (Å²) in [4.78, 5) is 25.5. The minimum Gasteiger partial charge on any atom is -0.493 e. The molecule has 6 heteroatoms. The van der Waals surface area contributed by atoms with E-state index in [1.54, 1.807) is 37.6 Å². The fourth-order valence-electron chi connectivity index (χ4n) is 3.02. The molecule has 1 aromatic heterocycles. The van der Waals surface area contributed by atoms with E-state index in [9.17, 15) is 9.59 Å². The number of hydrogen-bond acceptors (Lipinski definition) is 4. The molecule has 1 amide bonds. The first-order valence-corrected chi connectivity index (χ1v) is 9.36. The number of carbonyl (C=O) groups is 1. The van der Waals surface area contributed by atoms with Crippen LogP contribution in [0, 0.1) is 0 Å². The van der Waals surface area contributed by atoms with E-state index in [0.717, 1.165) is 12.0 Å². The molecule has 3 aromatic rings. The molecular formula is C23H24N2O4. The van der Waals surface area contributed by atoms with Gasteiger partial charge in [0.25, 0.3) is 11.5 Å². The van der Waals surface area contributed by atoms with Gasteiger partial charge in [-0.2, -0.15) is 0 Å². The van der Waals surface area contributed by atoms with Crippen molar-refractivity contribution in [3.8, 4) is 11.5 Å². The number of carbonyl (C=O) groups excluding carboxylic acids is 1. The Morgan fingerprint density at radius 1 is 0.966 bits per heavy atom. The van der Waals surface area contributed by atoms with Crippen molar-refractivity contribution in [2.75, 3.05) is 19.5 Å². The van der Waals surface area contributed by atoms with Gasteiger partial charge in [0, 0.05) is 18.0 Å². The topological polar surface area (TPSA) is 69.6 Å². The largest absolute Gasteiger partial charge is 0.493 e. The summed E-state index contributed by atoms with van der Waals surface area (Å²) >= 11 is 0. The van der Waals surface area contributed by atoms with Crippen LogP contribution in [0.2, 0.25) is 0 Å². The van der Waals surface area contributed by atoms with Crippen LogP contribution in [-0.4, -0.2) is 24.7 Å². The molecule has 0 bridgehead atoms. The first kappa shape index (κ1) is 20.2. The van der Waals surface area contributed by atoms with E-state index in [-0.39, 0.29) is 11.1 Å². The quantitative estimate of drug-likeness (QED) is 0.665. The number of anilines is 1. The van der Waals surface area contributed by atoms with E-state index in [1.807, 2.05) is 24.3 Å². The summed E-state index contributed by atoms with van der Waals surface area (Å²) in [6, 6.07) is 16.4. The zero-order valence-corrected chi connectivity index (χ0v) is 16.8. The smallest absolute Gasteiger partial charge is 0.263 e. The molecule has 0 saturated heterocycles. The Morgan fingerprint density at radius 3 is 2.31 bits per heavy atom. The second-order valence-corrected chi connectivity index (χ2v) is 6.55. The van der Waals surface area contributed by atoms with E-state index in [2.05, 4.69) is 12.2 Å². The number of methoxy groups -OCH3 is 2. The number of aryl methyl sites for hydroxylation is 1. The predicted octanol–water partition coefficient (Wildman–Crippen LogP) is 3.73. The van der Waals surface area contributed by atoms with Gasteiger partial charge in [0.15, 0.2) is 11.5 Å². The van der Waals surface area contributed by atoms with Crippen molar-refractivity contribution in [1.29, 1.82) is 0 Å². The van der Waals surface area contributed by atoms with Gasteiger partial charge in [0.2, 0.25) is 0 Å². The van der Waals surface area contributed by atoms with Gasteiger partial charge in [-0.15, -0.1) is 0 Å². The maximum absolute atomic E-state index is 12.8. The van der Waals surface area contributed by atoms with Crippen molar-refractivity contribution in [2.45, 2.75) is 19.9 Å². The fraction of sp³-hybridized carbons (Fsp3) is 0.217. The van der Waals surface area contributed by atoms with Gasteiger partial charge in [0.1, 0.15) is 5.56 Å². The summed E-state index contributed by atoms with van der Waals surface area (Å²) in [6.07, 6.45) is 2.65. The molecule has 29 heavy (non-hydrogen) atoms. The van der Waals surface area contributed by atoms with Crippen molar-refractivity contribution in [3.05, 3.63) is 87.8 Å².